The van der Waals surface area contributed by atoms with E-state index in [1.165, 1.54) is 7.11 Å². The highest BCUT2D eigenvalue weighted by Crippen LogP contribution is 2.22. The summed E-state index contributed by atoms with van der Waals surface area (Å²) in [6.07, 6.45) is 0. The second kappa shape index (κ2) is 3.18. The van der Waals surface area contributed by atoms with Gasteiger partial charge in [-0.15, -0.1) is 0 Å². The van der Waals surface area contributed by atoms with E-state index in [0.717, 1.165) is 10.9 Å². The van der Waals surface area contributed by atoms with Gasteiger partial charge in [0, 0.05) is 5.39 Å². The normalized spacial score (nSPS) is 10.4. The fourth-order valence-electron chi connectivity index (χ4n) is 1.41. The van der Waals surface area contributed by atoms with Gasteiger partial charge < -0.3 is 9.15 Å². The molecule has 0 atom stereocenters. The molecule has 0 aliphatic heterocycles. The minimum absolute atomic E-state index is 0.247. The molecule has 72 valence electrons. The third-order valence-electron chi connectivity index (χ3n) is 2.17. The number of methoxy groups -OCH3 is 1. The molecule has 0 aliphatic carbocycles. The van der Waals surface area contributed by atoms with Crippen LogP contribution in [0.2, 0.25) is 0 Å². The van der Waals surface area contributed by atoms with Crippen molar-refractivity contribution >= 4 is 16.9 Å². The van der Waals surface area contributed by atoms with E-state index >= 15 is 0 Å². The van der Waals surface area contributed by atoms with Crippen LogP contribution in [0.5, 0.6) is 0 Å². The number of fused-ring (bicyclic) bond motifs is 1. The van der Waals surface area contributed by atoms with Gasteiger partial charge >= 0.3 is 5.97 Å². The Morgan fingerprint density at radius 1 is 1.43 bits per heavy atom. The molecule has 0 fully saturated rings. The lowest BCUT2D eigenvalue weighted by atomic mass is 10.1. The highest BCUT2D eigenvalue weighted by atomic mass is 16.5. The van der Waals surface area contributed by atoms with Crippen LogP contribution in [0.15, 0.2) is 28.7 Å². The third-order valence-corrected chi connectivity index (χ3v) is 2.17. The molecule has 0 bridgehead atoms. The first-order chi connectivity index (χ1) is 6.72. The number of ether oxygens (including phenoxy) is 1. The standard InChI is InChI=1S/C11H10O3/c1-7-4-3-5-9-8(7)6-10(14-9)11(12)13-2/h3-6H,1-2H3. The maximum absolute atomic E-state index is 11.2. The number of furan rings is 1. The van der Waals surface area contributed by atoms with Crippen LogP contribution >= 0.6 is 0 Å². The highest BCUT2D eigenvalue weighted by molar-refractivity contribution is 5.93. The van der Waals surface area contributed by atoms with Gasteiger partial charge in [0.25, 0.3) is 0 Å². The van der Waals surface area contributed by atoms with Crippen molar-refractivity contribution in [3.05, 3.63) is 35.6 Å². The minimum atomic E-state index is -0.444. The lowest BCUT2D eigenvalue weighted by Gasteiger charge is -1.91. The maximum atomic E-state index is 11.2. The number of carbonyl (C=O) groups is 1. The van der Waals surface area contributed by atoms with Gasteiger partial charge in [0.1, 0.15) is 5.58 Å². The molecule has 0 saturated heterocycles. The molecule has 1 aromatic heterocycles. The van der Waals surface area contributed by atoms with Gasteiger partial charge in [-0.1, -0.05) is 12.1 Å². The second-order valence-electron chi connectivity index (χ2n) is 3.09. The van der Waals surface area contributed by atoms with Crippen LogP contribution in [0.4, 0.5) is 0 Å². The van der Waals surface area contributed by atoms with Crippen LogP contribution in [-0.2, 0) is 4.74 Å². The summed E-state index contributed by atoms with van der Waals surface area (Å²) in [5.74, 6) is -0.197. The fourth-order valence-corrected chi connectivity index (χ4v) is 1.41. The summed E-state index contributed by atoms with van der Waals surface area (Å²) in [6.45, 7) is 1.97. The highest BCUT2D eigenvalue weighted by Gasteiger charge is 2.12. The van der Waals surface area contributed by atoms with Gasteiger partial charge in [-0.2, -0.15) is 0 Å². The number of esters is 1. The fraction of sp³-hybridized carbons (Fsp3) is 0.182. The number of benzene rings is 1. The summed E-state index contributed by atoms with van der Waals surface area (Å²) in [7, 11) is 1.34. The molecule has 0 unspecified atom stereocenters. The lowest BCUT2D eigenvalue weighted by Crippen LogP contribution is -1.97. The SMILES string of the molecule is COC(=O)c1cc2c(C)cccc2o1. The van der Waals surface area contributed by atoms with E-state index in [1.54, 1.807) is 6.07 Å². The maximum Gasteiger partial charge on any atom is 0.373 e. The Morgan fingerprint density at radius 3 is 2.86 bits per heavy atom. The number of rotatable bonds is 1. The average molecular weight is 190 g/mol. The first-order valence-corrected chi connectivity index (χ1v) is 4.30. The predicted octanol–water partition coefficient (Wildman–Crippen LogP) is 2.53. The largest absolute Gasteiger partial charge is 0.463 e. The van der Waals surface area contributed by atoms with Crippen LogP contribution in [0.25, 0.3) is 11.0 Å². The van der Waals surface area contributed by atoms with Crippen molar-refractivity contribution in [2.24, 2.45) is 0 Å². The van der Waals surface area contributed by atoms with E-state index < -0.39 is 5.97 Å². The Balaban J connectivity index is 2.62. The molecule has 0 amide bonds. The number of hydrogen-bond donors (Lipinski definition) is 0. The Kier molecular flexibility index (Phi) is 2.00. The summed E-state index contributed by atoms with van der Waals surface area (Å²) in [6, 6.07) is 7.40. The monoisotopic (exact) mass is 190 g/mol. The molecule has 14 heavy (non-hydrogen) atoms. The summed E-state index contributed by atoms with van der Waals surface area (Å²) < 4.78 is 9.90. The van der Waals surface area contributed by atoms with Gasteiger partial charge in [0.15, 0.2) is 0 Å². The van der Waals surface area contributed by atoms with Crippen molar-refractivity contribution in [2.75, 3.05) is 7.11 Å². The number of aryl methyl sites for hydroxylation is 1. The number of carbonyl (C=O) groups excluding carboxylic acids is 1. The van der Waals surface area contributed by atoms with E-state index in [4.69, 9.17) is 4.42 Å². The molecule has 0 spiro atoms. The quantitative estimate of drug-likeness (QED) is 0.648. The van der Waals surface area contributed by atoms with Crippen LogP contribution in [0.3, 0.4) is 0 Å². The van der Waals surface area contributed by atoms with Gasteiger partial charge in [-0.25, -0.2) is 4.79 Å². The molecule has 0 N–H and O–H groups in total. The van der Waals surface area contributed by atoms with Crippen molar-refractivity contribution in [1.29, 1.82) is 0 Å². The van der Waals surface area contributed by atoms with E-state index in [9.17, 15) is 4.79 Å². The molecule has 0 saturated carbocycles. The Labute approximate surface area is 81.3 Å². The van der Waals surface area contributed by atoms with Crippen LogP contribution in [-0.4, -0.2) is 13.1 Å². The molecule has 2 rings (SSSR count). The molecule has 1 heterocycles. The lowest BCUT2D eigenvalue weighted by molar-refractivity contribution is 0.0567. The van der Waals surface area contributed by atoms with E-state index in [-0.39, 0.29) is 5.76 Å². The summed E-state index contributed by atoms with van der Waals surface area (Å²) in [5, 5.41) is 0.952. The average Bonchev–Trinajstić information content (AvgIpc) is 2.62. The zero-order chi connectivity index (χ0) is 10.1. The van der Waals surface area contributed by atoms with Gasteiger partial charge in [0.2, 0.25) is 5.76 Å². The molecule has 2 aromatic rings. The van der Waals surface area contributed by atoms with Crippen molar-refractivity contribution in [2.45, 2.75) is 6.92 Å². The minimum Gasteiger partial charge on any atom is -0.463 e. The summed E-state index contributed by atoms with van der Waals surface area (Å²) >= 11 is 0. The van der Waals surface area contributed by atoms with E-state index in [0.29, 0.717) is 5.58 Å². The molecule has 3 nitrogen and oxygen atoms in total. The van der Waals surface area contributed by atoms with Gasteiger partial charge in [-0.05, 0) is 24.6 Å². The van der Waals surface area contributed by atoms with Crippen molar-refractivity contribution < 1.29 is 13.9 Å². The second-order valence-corrected chi connectivity index (χ2v) is 3.09. The van der Waals surface area contributed by atoms with Gasteiger partial charge in [-0.3, -0.25) is 0 Å². The Hall–Kier alpha value is -1.77. The van der Waals surface area contributed by atoms with Crippen molar-refractivity contribution in [3.8, 4) is 0 Å². The number of hydrogen-bond acceptors (Lipinski definition) is 3. The van der Waals surface area contributed by atoms with Gasteiger partial charge in [0.05, 0.1) is 7.11 Å². The molecule has 0 radical (unpaired) electrons. The molecule has 0 aliphatic rings. The molecule has 1 aromatic carbocycles. The Bertz CT molecular complexity index is 482. The van der Waals surface area contributed by atoms with Crippen molar-refractivity contribution in [1.82, 2.24) is 0 Å². The zero-order valence-electron chi connectivity index (χ0n) is 8.03. The molecular formula is C11H10O3. The van der Waals surface area contributed by atoms with Crippen molar-refractivity contribution in [3.63, 3.8) is 0 Å². The summed E-state index contributed by atoms with van der Waals surface area (Å²) in [5.41, 5.74) is 1.80. The van der Waals surface area contributed by atoms with Crippen LogP contribution in [0.1, 0.15) is 16.1 Å². The summed E-state index contributed by atoms with van der Waals surface area (Å²) in [4.78, 5) is 11.2. The van der Waals surface area contributed by atoms with E-state index in [1.807, 2.05) is 25.1 Å². The topological polar surface area (TPSA) is 39.4 Å². The van der Waals surface area contributed by atoms with E-state index in [2.05, 4.69) is 4.74 Å². The third kappa shape index (κ3) is 1.27. The van der Waals surface area contributed by atoms with Crippen LogP contribution < -0.4 is 0 Å². The first kappa shape index (κ1) is 8.81. The zero-order valence-corrected chi connectivity index (χ0v) is 8.03. The molecule has 3 heteroatoms. The smallest absolute Gasteiger partial charge is 0.373 e. The predicted molar refractivity (Wildman–Crippen MR) is 52.3 cm³/mol. The van der Waals surface area contributed by atoms with Crippen LogP contribution in [0, 0.1) is 6.92 Å². The molecular weight excluding hydrogens is 180 g/mol. The Morgan fingerprint density at radius 2 is 2.21 bits per heavy atom. The first-order valence-electron chi connectivity index (χ1n) is 4.30.